The van der Waals surface area contributed by atoms with Gasteiger partial charge in [-0.25, -0.2) is 0 Å². The molecule has 2 heterocycles. The van der Waals surface area contributed by atoms with E-state index >= 15 is 0 Å². The average molecular weight is 448 g/mol. The number of hydrogen-bond acceptors (Lipinski definition) is 9. The smallest absolute Gasteiger partial charge is 0.246 e. The van der Waals surface area contributed by atoms with Crippen molar-refractivity contribution in [3.8, 4) is 0 Å². The lowest BCUT2D eigenvalue weighted by Crippen LogP contribution is -2.52. The van der Waals surface area contributed by atoms with E-state index in [1.54, 1.807) is 11.1 Å². The van der Waals surface area contributed by atoms with E-state index in [0.717, 1.165) is 19.1 Å². The average Bonchev–Trinajstić information content (AvgIpc) is 2.75. The number of nitrogen functional groups attached to an aromatic ring is 1. The van der Waals surface area contributed by atoms with Crippen LogP contribution in [0.1, 0.15) is 32.3 Å². The maximum Gasteiger partial charge on any atom is 0.246 e. The second kappa shape index (κ2) is 10.8. The minimum absolute atomic E-state index is 0.0512. The fourth-order valence-electron chi connectivity index (χ4n) is 3.44. The molecule has 1 fully saturated rings. The predicted octanol–water partition coefficient (Wildman–Crippen LogP) is 2.14. The number of aromatic nitrogens is 2. The second-order valence-corrected chi connectivity index (χ2v) is 7.64. The van der Waals surface area contributed by atoms with Gasteiger partial charge in [-0.1, -0.05) is 18.2 Å². The molecule has 0 unspecified atom stereocenters. The van der Waals surface area contributed by atoms with Crippen molar-refractivity contribution in [2.24, 2.45) is 0 Å². The molecule has 0 aliphatic carbocycles. The number of likely N-dealkylation sites (tertiary alicyclic amines) is 1. The monoisotopic (exact) mass is 447 g/mol. The highest BCUT2D eigenvalue weighted by atomic mass is 35.5. The Labute approximate surface area is 187 Å². The number of nitrogens with zero attached hydrogens (tertiary/aromatic N) is 4. The quantitative estimate of drug-likeness (QED) is 0.287. The van der Waals surface area contributed by atoms with Crippen molar-refractivity contribution in [1.29, 1.82) is 10.8 Å². The third kappa shape index (κ3) is 5.72. The number of carbonyl (C=O) groups is 1. The Morgan fingerprint density at radius 3 is 2.74 bits per heavy atom. The number of hydrogen-bond donors (Lipinski definition) is 5. The number of amides is 1. The SMILES string of the molecule is C=CC(=O)N1C[C@H](N(C)c2nc(N/C(C=N)=C/NCC)nc(N)c2C(=N)Cl)CC[C@@H]1C. The lowest BCUT2D eigenvalue weighted by atomic mass is 9.98. The predicted molar refractivity (Wildman–Crippen MR) is 126 cm³/mol. The van der Waals surface area contributed by atoms with Crippen LogP contribution in [-0.2, 0) is 4.79 Å². The molecule has 0 saturated carbocycles. The van der Waals surface area contributed by atoms with Crippen LogP contribution in [0.15, 0.2) is 24.6 Å². The van der Waals surface area contributed by atoms with Gasteiger partial charge in [0, 0.05) is 44.6 Å². The van der Waals surface area contributed by atoms with Crippen molar-refractivity contribution in [2.45, 2.75) is 38.8 Å². The first-order valence-corrected chi connectivity index (χ1v) is 10.4. The molecule has 0 spiro atoms. The van der Waals surface area contributed by atoms with E-state index < -0.39 is 0 Å². The van der Waals surface area contributed by atoms with Crippen LogP contribution in [0, 0.1) is 10.8 Å². The largest absolute Gasteiger partial charge is 0.389 e. The fourth-order valence-corrected chi connectivity index (χ4v) is 3.62. The van der Waals surface area contributed by atoms with Crippen LogP contribution in [0.25, 0.3) is 0 Å². The summed E-state index contributed by atoms with van der Waals surface area (Å²) in [4.78, 5) is 24.6. The summed E-state index contributed by atoms with van der Waals surface area (Å²) in [5, 5.41) is 21.2. The molecule has 2 atom stereocenters. The summed E-state index contributed by atoms with van der Waals surface area (Å²) < 4.78 is 0. The summed E-state index contributed by atoms with van der Waals surface area (Å²) >= 11 is 6.02. The van der Waals surface area contributed by atoms with Gasteiger partial charge in [0.05, 0.1) is 11.3 Å². The van der Waals surface area contributed by atoms with Crippen LogP contribution in [0.3, 0.4) is 0 Å². The highest BCUT2D eigenvalue weighted by molar-refractivity contribution is 6.69. The van der Waals surface area contributed by atoms with Gasteiger partial charge >= 0.3 is 0 Å². The van der Waals surface area contributed by atoms with E-state index in [2.05, 4.69) is 27.2 Å². The number of piperidine rings is 1. The molecule has 1 aromatic heterocycles. The molecule has 2 rings (SSSR count). The zero-order chi connectivity index (χ0) is 23.1. The van der Waals surface area contributed by atoms with Gasteiger partial charge < -0.3 is 31.6 Å². The summed E-state index contributed by atoms with van der Waals surface area (Å²) in [6.45, 7) is 8.71. The van der Waals surface area contributed by atoms with Gasteiger partial charge in [-0.15, -0.1) is 0 Å². The van der Waals surface area contributed by atoms with Crippen molar-refractivity contribution < 1.29 is 4.79 Å². The Bertz CT molecular complexity index is 886. The Kier molecular flexibility index (Phi) is 8.38. The van der Waals surface area contributed by atoms with Crippen molar-refractivity contribution in [3.05, 3.63) is 30.1 Å². The van der Waals surface area contributed by atoms with E-state index in [1.165, 1.54) is 6.08 Å². The molecule has 1 aromatic rings. The lowest BCUT2D eigenvalue weighted by Gasteiger charge is -2.41. The standard InChI is InChI=1S/C20H30ClN9O/c1-5-15(31)30-11-14(8-7-12(30)3)29(4)19-16(17(21)23)18(24)27-20(28-19)26-13(9-22)10-25-6-2/h5,9-10,12,14,22-23,25H,1,6-8,11H2,2-4H3,(H3,24,26,27,28)/b13-10+,22-9?,23-17?/t12-,14+/m0/s1. The first-order valence-electron chi connectivity index (χ1n) is 10.0. The number of rotatable bonds is 9. The highest BCUT2D eigenvalue weighted by Gasteiger charge is 2.32. The molecule has 10 nitrogen and oxygen atoms in total. The number of anilines is 3. The topological polar surface area (TPSA) is 147 Å². The zero-order valence-electron chi connectivity index (χ0n) is 18.1. The van der Waals surface area contributed by atoms with Gasteiger partial charge in [0.25, 0.3) is 0 Å². The Hall–Kier alpha value is -3.14. The fraction of sp³-hybridized carbons (Fsp3) is 0.450. The molecule has 0 radical (unpaired) electrons. The maximum absolute atomic E-state index is 12.3. The summed E-state index contributed by atoms with van der Waals surface area (Å²) in [5.74, 6) is 0.491. The van der Waals surface area contributed by atoms with E-state index in [0.29, 0.717) is 24.6 Å². The number of nitrogens with one attached hydrogen (secondary N) is 4. The molecule has 6 N–H and O–H groups in total. The number of carbonyl (C=O) groups excluding carboxylic acids is 1. The second-order valence-electron chi connectivity index (χ2n) is 7.26. The molecular formula is C20H30ClN9O. The normalized spacial score (nSPS) is 18.8. The van der Waals surface area contributed by atoms with E-state index in [1.807, 2.05) is 25.8 Å². The van der Waals surface area contributed by atoms with Gasteiger partial charge in [0.1, 0.15) is 16.8 Å². The van der Waals surface area contributed by atoms with Crippen LogP contribution in [-0.4, -0.2) is 64.4 Å². The Morgan fingerprint density at radius 2 is 2.16 bits per heavy atom. The molecule has 1 saturated heterocycles. The zero-order valence-corrected chi connectivity index (χ0v) is 18.8. The summed E-state index contributed by atoms with van der Waals surface area (Å²) in [7, 11) is 1.83. The molecular weight excluding hydrogens is 418 g/mol. The minimum atomic E-state index is -0.274. The van der Waals surface area contributed by atoms with Crippen LogP contribution in [0.2, 0.25) is 0 Å². The van der Waals surface area contributed by atoms with E-state index in [4.69, 9.17) is 28.2 Å². The van der Waals surface area contributed by atoms with Crippen LogP contribution < -0.4 is 21.3 Å². The third-order valence-electron chi connectivity index (χ3n) is 5.21. The summed E-state index contributed by atoms with van der Waals surface area (Å²) in [5.41, 5.74) is 6.78. The van der Waals surface area contributed by atoms with Crippen molar-refractivity contribution in [3.63, 3.8) is 0 Å². The highest BCUT2D eigenvalue weighted by Crippen LogP contribution is 2.30. The number of halogens is 1. The molecule has 1 aliphatic heterocycles. The number of allylic oxidation sites excluding steroid dienone is 1. The molecule has 1 amide bonds. The van der Waals surface area contributed by atoms with Crippen molar-refractivity contribution in [1.82, 2.24) is 20.2 Å². The number of likely N-dealkylation sites (N-methyl/N-ethyl adjacent to an activating group) is 1. The molecule has 11 heteroatoms. The van der Waals surface area contributed by atoms with Gasteiger partial charge in [0.2, 0.25) is 11.9 Å². The van der Waals surface area contributed by atoms with Crippen LogP contribution in [0.4, 0.5) is 17.6 Å². The maximum atomic E-state index is 12.3. The number of nitrogens with two attached hydrogens (primary N) is 1. The molecule has 1 aliphatic rings. The summed E-state index contributed by atoms with van der Waals surface area (Å²) in [6.07, 6.45) is 5.72. The first-order chi connectivity index (χ1) is 14.7. The van der Waals surface area contributed by atoms with Gasteiger partial charge in [0.15, 0.2) is 0 Å². The van der Waals surface area contributed by atoms with Crippen LogP contribution >= 0.6 is 11.6 Å². The van der Waals surface area contributed by atoms with Crippen molar-refractivity contribution >= 4 is 46.5 Å². The van der Waals surface area contributed by atoms with Gasteiger partial charge in [-0.05, 0) is 32.8 Å². The van der Waals surface area contributed by atoms with Gasteiger partial charge in [-0.3, -0.25) is 10.2 Å². The minimum Gasteiger partial charge on any atom is -0.389 e. The third-order valence-corrected chi connectivity index (χ3v) is 5.40. The Morgan fingerprint density at radius 1 is 1.45 bits per heavy atom. The first kappa shape index (κ1) is 24.1. The molecule has 168 valence electrons. The van der Waals surface area contributed by atoms with E-state index in [9.17, 15) is 4.79 Å². The molecule has 0 bridgehead atoms. The van der Waals surface area contributed by atoms with Crippen molar-refractivity contribution in [2.75, 3.05) is 36.1 Å². The Balaban J connectivity index is 2.41. The van der Waals surface area contributed by atoms with E-state index in [-0.39, 0.29) is 40.5 Å². The summed E-state index contributed by atoms with van der Waals surface area (Å²) in [6, 6.07) is 0.0523. The molecule has 31 heavy (non-hydrogen) atoms. The van der Waals surface area contributed by atoms with Gasteiger partial charge in [-0.2, -0.15) is 9.97 Å². The van der Waals surface area contributed by atoms with Crippen LogP contribution in [0.5, 0.6) is 0 Å². The molecule has 0 aromatic carbocycles. The lowest BCUT2D eigenvalue weighted by molar-refractivity contribution is -0.129.